The average molecular weight is 240 g/mol. The number of carbonyl (C=O) groups is 1. The van der Waals surface area contributed by atoms with Crippen LogP contribution in [0.2, 0.25) is 0 Å². The van der Waals surface area contributed by atoms with Crippen LogP contribution in [0.5, 0.6) is 0 Å². The van der Waals surface area contributed by atoms with E-state index in [1.165, 1.54) is 0 Å². The van der Waals surface area contributed by atoms with Gasteiger partial charge in [-0.1, -0.05) is 29.3 Å². The lowest BCUT2D eigenvalue weighted by Gasteiger charge is -2.04. The van der Waals surface area contributed by atoms with Crippen LogP contribution >= 0.6 is 0 Å². The highest BCUT2D eigenvalue weighted by atomic mass is 32.2. The maximum Gasteiger partial charge on any atom is 0.304 e. The SMILES string of the molecule is Cc1cc(C)cc(CS(=O)CCC(=O)O)c1. The molecule has 4 heteroatoms. The molecule has 0 radical (unpaired) electrons. The lowest BCUT2D eigenvalue weighted by molar-refractivity contribution is -0.136. The van der Waals surface area contributed by atoms with Crippen LogP contribution in [0.15, 0.2) is 18.2 Å². The van der Waals surface area contributed by atoms with E-state index in [1.807, 2.05) is 26.0 Å². The van der Waals surface area contributed by atoms with Crippen molar-refractivity contribution >= 4 is 16.8 Å². The summed E-state index contributed by atoms with van der Waals surface area (Å²) in [5, 5.41) is 8.48. The number of benzene rings is 1. The van der Waals surface area contributed by atoms with Crippen molar-refractivity contribution in [2.24, 2.45) is 0 Å². The Hall–Kier alpha value is -1.16. The minimum absolute atomic E-state index is 0.0303. The molecular weight excluding hydrogens is 224 g/mol. The van der Waals surface area contributed by atoms with Gasteiger partial charge in [-0.3, -0.25) is 9.00 Å². The van der Waals surface area contributed by atoms with Crippen LogP contribution in [0.3, 0.4) is 0 Å². The minimum atomic E-state index is -1.09. The van der Waals surface area contributed by atoms with E-state index in [1.54, 1.807) is 0 Å². The van der Waals surface area contributed by atoms with Crippen molar-refractivity contribution in [3.05, 3.63) is 34.9 Å². The number of rotatable bonds is 5. The van der Waals surface area contributed by atoms with Crippen molar-refractivity contribution in [2.45, 2.75) is 26.0 Å². The Labute approximate surface area is 98.0 Å². The Morgan fingerprint density at radius 2 is 1.81 bits per heavy atom. The van der Waals surface area contributed by atoms with E-state index in [-0.39, 0.29) is 12.2 Å². The van der Waals surface area contributed by atoms with Crippen LogP contribution in [-0.2, 0) is 21.3 Å². The largest absolute Gasteiger partial charge is 0.481 e. The third-order valence-corrected chi connectivity index (χ3v) is 3.47. The molecule has 0 amide bonds. The quantitative estimate of drug-likeness (QED) is 0.856. The second-order valence-electron chi connectivity index (χ2n) is 3.93. The van der Waals surface area contributed by atoms with Crippen LogP contribution in [0.25, 0.3) is 0 Å². The summed E-state index contributed by atoms with van der Waals surface area (Å²) in [4.78, 5) is 10.3. The fraction of sp³-hybridized carbons (Fsp3) is 0.417. The van der Waals surface area contributed by atoms with Crippen molar-refractivity contribution in [3.8, 4) is 0 Å². The summed E-state index contributed by atoms with van der Waals surface area (Å²) >= 11 is 0. The number of hydrogen-bond acceptors (Lipinski definition) is 2. The highest BCUT2D eigenvalue weighted by Gasteiger charge is 2.05. The molecule has 0 aromatic heterocycles. The van der Waals surface area contributed by atoms with E-state index in [0.29, 0.717) is 5.75 Å². The first-order chi connectivity index (χ1) is 7.47. The Morgan fingerprint density at radius 1 is 1.25 bits per heavy atom. The molecule has 1 rings (SSSR count). The van der Waals surface area contributed by atoms with Crippen molar-refractivity contribution < 1.29 is 14.1 Å². The first-order valence-electron chi connectivity index (χ1n) is 5.11. The summed E-state index contributed by atoms with van der Waals surface area (Å²) in [7, 11) is -1.09. The molecule has 0 heterocycles. The van der Waals surface area contributed by atoms with Crippen LogP contribution in [0.4, 0.5) is 0 Å². The van der Waals surface area contributed by atoms with E-state index < -0.39 is 16.8 Å². The standard InChI is InChI=1S/C12H16O3S/c1-9-5-10(2)7-11(6-9)8-16(15)4-3-12(13)14/h5-7H,3-4,8H2,1-2H3,(H,13,14). The fourth-order valence-corrected chi connectivity index (χ4v) is 2.70. The van der Waals surface area contributed by atoms with Gasteiger partial charge in [-0.25, -0.2) is 0 Å². The molecule has 0 aliphatic heterocycles. The van der Waals surface area contributed by atoms with E-state index in [9.17, 15) is 9.00 Å². The monoisotopic (exact) mass is 240 g/mol. The Balaban J connectivity index is 2.59. The van der Waals surface area contributed by atoms with Gasteiger partial charge in [0.05, 0.1) is 6.42 Å². The molecule has 1 unspecified atom stereocenters. The maximum atomic E-state index is 11.6. The average Bonchev–Trinajstić information content (AvgIpc) is 2.12. The molecule has 3 nitrogen and oxygen atoms in total. The highest BCUT2D eigenvalue weighted by molar-refractivity contribution is 7.84. The molecule has 0 aliphatic rings. The van der Waals surface area contributed by atoms with Gasteiger partial charge in [-0.15, -0.1) is 0 Å². The molecule has 1 N–H and O–H groups in total. The Bertz CT molecular complexity index is 392. The van der Waals surface area contributed by atoms with Crippen LogP contribution in [0.1, 0.15) is 23.1 Å². The molecule has 1 aromatic carbocycles. The lowest BCUT2D eigenvalue weighted by atomic mass is 10.1. The molecule has 0 aliphatic carbocycles. The number of carboxylic acids is 1. The van der Waals surface area contributed by atoms with Crippen LogP contribution < -0.4 is 0 Å². The van der Waals surface area contributed by atoms with Gasteiger partial charge in [0.2, 0.25) is 0 Å². The van der Waals surface area contributed by atoms with Gasteiger partial charge in [0.25, 0.3) is 0 Å². The van der Waals surface area contributed by atoms with Crippen molar-refractivity contribution in [1.82, 2.24) is 0 Å². The molecule has 16 heavy (non-hydrogen) atoms. The minimum Gasteiger partial charge on any atom is -0.481 e. The summed E-state index contributed by atoms with van der Waals surface area (Å²) in [6.07, 6.45) is -0.0303. The summed E-state index contributed by atoms with van der Waals surface area (Å²) in [5.74, 6) is -0.230. The molecule has 0 spiro atoms. The zero-order chi connectivity index (χ0) is 12.1. The molecule has 1 atom stereocenters. The van der Waals surface area contributed by atoms with Crippen LogP contribution in [0, 0.1) is 13.8 Å². The van der Waals surface area contributed by atoms with Gasteiger partial charge in [-0.2, -0.15) is 0 Å². The van der Waals surface area contributed by atoms with Gasteiger partial charge in [0.1, 0.15) is 0 Å². The van der Waals surface area contributed by atoms with Gasteiger partial charge in [-0.05, 0) is 19.4 Å². The van der Waals surface area contributed by atoms with Gasteiger partial charge in [0, 0.05) is 22.3 Å². The molecule has 0 fully saturated rings. The first kappa shape index (κ1) is 12.9. The fourth-order valence-electron chi connectivity index (χ4n) is 1.61. The number of hydrogen-bond donors (Lipinski definition) is 1. The zero-order valence-electron chi connectivity index (χ0n) is 9.53. The molecule has 0 saturated heterocycles. The number of aliphatic carboxylic acids is 1. The zero-order valence-corrected chi connectivity index (χ0v) is 10.3. The summed E-state index contributed by atoms with van der Waals surface area (Å²) in [5.41, 5.74) is 3.30. The first-order valence-corrected chi connectivity index (χ1v) is 6.60. The predicted molar refractivity (Wildman–Crippen MR) is 64.9 cm³/mol. The second kappa shape index (κ2) is 5.80. The predicted octanol–water partition coefficient (Wildman–Crippen LogP) is 2.03. The summed E-state index contributed by atoms with van der Waals surface area (Å²) in [6.45, 7) is 3.99. The number of aryl methyl sites for hydroxylation is 2. The molecule has 88 valence electrons. The van der Waals surface area contributed by atoms with Crippen molar-refractivity contribution in [1.29, 1.82) is 0 Å². The van der Waals surface area contributed by atoms with Crippen LogP contribution in [-0.4, -0.2) is 21.0 Å². The van der Waals surface area contributed by atoms with Gasteiger partial charge >= 0.3 is 5.97 Å². The normalized spacial score (nSPS) is 12.4. The molecule has 1 aromatic rings. The van der Waals surface area contributed by atoms with E-state index in [4.69, 9.17) is 5.11 Å². The third-order valence-electron chi connectivity index (χ3n) is 2.15. The van der Waals surface area contributed by atoms with Gasteiger partial charge in [0.15, 0.2) is 0 Å². The summed E-state index contributed by atoms with van der Waals surface area (Å²) < 4.78 is 11.6. The Morgan fingerprint density at radius 3 is 2.31 bits per heavy atom. The third kappa shape index (κ3) is 4.57. The van der Waals surface area contributed by atoms with E-state index in [2.05, 4.69) is 6.07 Å². The van der Waals surface area contributed by atoms with E-state index >= 15 is 0 Å². The number of carboxylic acid groups (broad SMARTS) is 1. The highest BCUT2D eigenvalue weighted by Crippen LogP contribution is 2.11. The lowest BCUT2D eigenvalue weighted by Crippen LogP contribution is -2.06. The molecule has 0 bridgehead atoms. The smallest absolute Gasteiger partial charge is 0.304 e. The molecular formula is C12H16O3S. The van der Waals surface area contributed by atoms with Gasteiger partial charge < -0.3 is 5.11 Å². The molecule has 0 saturated carbocycles. The van der Waals surface area contributed by atoms with Crippen molar-refractivity contribution in [3.63, 3.8) is 0 Å². The van der Waals surface area contributed by atoms with Crippen molar-refractivity contribution in [2.75, 3.05) is 5.75 Å². The van der Waals surface area contributed by atoms with E-state index in [0.717, 1.165) is 16.7 Å². The topological polar surface area (TPSA) is 54.4 Å². The maximum absolute atomic E-state index is 11.6. The summed E-state index contributed by atoms with van der Waals surface area (Å²) in [6, 6.07) is 6.04. The Kier molecular flexibility index (Phi) is 4.68. The second-order valence-corrected chi connectivity index (χ2v) is 5.50.